The molecular formula is C23H27F3N4O. The second-order valence-electron chi connectivity index (χ2n) is 8.69. The molecule has 3 heterocycles. The Morgan fingerprint density at radius 3 is 2.71 bits per heavy atom. The highest BCUT2D eigenvalue weighted by molar-refractivity contribution is 5.86. The highest BCUT2D eigenvalue weighted by Gasteiger charge is 2.29. The van der Waals surface area contributed by atoms with Gasteiger partial charge < -0.3 is 9.30 Å². The predicted octanol–water partition coefficient (Wildman–Crippen LogP) is 4.47. The average Bonchev–Trinajstić information content (AvgIpc) is 3.40. The summed E-state index contributed by atoms with van der Waals surface area (Å²) in [5.74, 6) is 0.668. The average molecular weight is 432 g/mol. The van der Waals surface area contributed by atoms with Crippen LogP contribution < -0.4 is 4.74 Å². The van der Waals surface area contributed by atoms with E-state index < -0.39 is 12.7 Å². The van der Waals surface area contributed by atoms with Gasteiger partial charge in [0.15, 0.2) is 0 Å². The van der Waals surface area contributed by atoms with Gasteiger partial charge in [0, 0.05) is 38.3 Å². The van der Waals surface area contributed by atoms with E-state index in [9.17, 15) is 13.2 Å². The smallest absolute Gasteiger partial charge is 0.406 e. The standard InChI is InChI=1S/C23H27F3N4O/c1-28-21(17-4-2-5-19(17)27-28)14-29-11-8-16(9-12-29)31-22-7-3-6-20-18(22)10-13-30(20)15-23(24,25)26/h3,6-7,10,13,16H,2,4-5,8-9,11-12,14-15H2,1H3. The number of halogens is 3. The van der Waals surface area contributed by atoms with Crippen molar-refractivity contribution >= 4 is 10.9 Å². The molecule has 166 valence electrons. The molecule has 0 unspecified atom stereocenters. The molecule has 5 rings (SSSR count). The monoisotopic (exact) mass is 432 g/mol. The maximum absolute atomic E-state index is 12.8. The van der Waals surface area contributed by atoms with E-state index in [0.29, 0.717) is 11.3 Å². The molecule has 1 aliphatic carbocycles. The van der Waals surface area contributed by atoms with Crippen molar-refractivity contribution in [1.29, 1.82) is 0 Å². The maximum Gasteiger partial charge on any atom is 0.406 e. The lowest BCUT2D eigenvalue weighted by Gasteiger charge is -2.32. The Hall–Kier alpha value is -2.48. The maximum atomic E-state index is 12.8. The summed E-state index contributed by atoms with van der Waals surface area (Å²) in [6, 6.07) is 7.05. The number of likely N-dealkylation sites (tertiary alicyclic amines) is 1. The number of aryl methyl sites for hydroxylation is 2. The zero-order chi connectivity index (χ0) is 21.6. The normalized spacial score (nSPS) is 18.1. The van der Waals surface area contributed by atoms with Gasteiger partial charge in [0.1, 0.15) is 18.4 Å². The molecular weight excluding hydrogens is 405 g/mol. The van der Waals surface area contributed by atoms with Crippen LogP contribution in [0.25, 0.3) is 10.9 Å². The van der Waals surface area contributed by atoms with Crippen LogP contribution in [0.3, 0.4) is 0 Å². The molecule has 8 heteroatoms. The first-order chi connectivity index (χ1) is 14.9. The molecule has 2 aliphatic rings. The fourth-order valence-electron chi connectivity index (χ4n) is 4.99. The number of piperidine rings is 1. The van der Waals surface area contributed by atoms with Crippen LogP contribution in [0.4, 0.5) is 13.2 Å². The third-order valence-corrected chi connectivity index (χ3v) is 6.52. The van der Waals surface area contributed by atoms with E-state index in [1.807, 2.05) is 17.8 Å². The van der Waals surface area contributed by atoms with Gasteiger partial charge in [0.25, 0.3) is 0 Å². The van der Waals surface area contributed by atoms with E-state index in [1.54, 1.807) is 18.2 Å². The first-order valence-corrected chi connectivity index (χ1v) is 10.9. The van der Waals surface area contributed by atoms with Crippen LogP contribution in [0, 0.1) is 0 Å². The Balaban J connectivity index is 1.23. The number of rotatable bonds is 5. The largest absolute Gasteiger partial charge is 0.490 e. The van der Waals surface area contributed by atoms with Crippen molar-refractivity contribution in [3.05, 3.63) is 47.4 Å². The molecule has 31 heavy (non-hydrogen) atoms. The molecule has 0 N–H and O–H groups in total. The number of aromatic nitrogens is 3. The number of hydrogen-bond acceptors (Lipinski definition) is 3. The minimum Gasteiger partial charge on any atom is -0.490 e. The van der Waals surface area contributed by atoms with Crippen LogP contribution in [-0.4, -0.2) is 44.6 Å². The highest BCUT2D eigenvalue weighted by Crippen LogP contribution is 2.31. The zero-order valence-electron chi connectivity index (χ0n) is 17.7. The van der Waals surface area contributed by atoms with E-state index in [0.717, 1.165) is 50.7 Å². The Morgan fingerprint density at radius 2 is 1.94 bits per heavy atom. The summed E-state index contributed by atoms with van der Waals surface area (Å²) in [5.41, 5.74) is 4.59. The van der Waals surface area contributed by atoms with Gasteiger partial charge in [0.2, 0.25) is 0 Å². The van der Waals surface area contributed by atoms with Crippen molar-refractivity contribution in [2.45, 2.75) is 57.5 Å². The molecule has 0 radical (unpaired) electrons. The summed E-state index contributed by atoms with van der Waals surface area (Å²) in [6.07, 6.45) is 2.55. The molecule has 0 atom stereocenters. The lowest BCUT2D eigenvalue weighted by atomic mass is 10.1. The molecule has 0 amide bonds. The molecule has 1 aliphatic heterocycles. The number of alkyl halides is 3. The molecule has 3 aromatic rings. The Morgan fingerprint density at radius 1 is 1.13 bits per heavy atom. The van der Waals surface area contributed by atoms with Gasteiger partial charge in [-0.3, -0.25) is 9.58 Å². The lowest BCUT2D eigenvalue weighted by molar-refractivity contribution is -0.139. The molecule has 0 saturated carbocycles. The summed E-state index contributed by atoms with van der Waals surface area (Å²) in [4.78, 5) is 2.45. The molecule has 1 fully saturated rings. The van der Waals surface area contributed by atoms with Crippen molar-refractivity contribution in [3.8, 4) is 5.75 Å². The molecule has 1 saturated heterocycles. The van der Waals surface area contributed by atoms with Gasteiger partial charge in [-0.1, -0.05) is 6.07 Å². The minimum absolute atomic E-state index is 0.0741. The number of ether oxygens (including phenoxy) is 1. The zero-order valence-corrected chi connectivity index (χ0v) is 17.7. The van der Waals surface area contributed by atoms with Gasteiger partial charge >= 0.3 is 6.18 Å². The number of hydrogen-bond donors (Lipinski definition) is 0. The fraction of sp³-hybridized carbons (Fsp3) is 0.522. The Bertz CT molecular complexity index is 1080. The number of nitrogens with zero attached hydrogens (tertiary/aromatic N) is 4. The van der Waals surface area contributed by atoms with Crippen molar-refractivity contribution in [3.63, 3.8) is 0 Å². The van der Waals surface area contributed by atoms with Gasteiger partial charge in [0.05, 0.1) is 16.9 Å². The van der Waals surface area contributed by atoms with Crippen LogP contribution in [0.2, 0.25) is 0 Å². The quantitative estimate of drug-likeness (QED) is 0.597. The topological polar surface area (TPSA) is 35.2 Å². The van der Waals surface area contributed by atoms with E-state index >= 15 is 0 Å². The second-order valence-corrected chi connectivity index (χ2v) is 8.69. The van der Waals surface area contributed by atoms with Gasteiger partial charge in [-0.25, -0.2) is 0 Å². The van der Waals surface area contributed by atoms with E-state index in [-0.39, 0.29) is 6.10 Å². The predicted molar refractivity (Wildman–Crippen MR) is 112 cm³/mol. The summed E-state index contributed by atoms with van der Waals surface area (Å²) in [7, 11) is 2.04. The number of benzene rings is 1. The van der Waals surface area contributed by atoms with Gasteiger partial charge in [-0.05, 0) is 55.9 Å². The summed E-state index contributed by atoms with van der Waals surface area (Å²) in [6.45, 7) is 1.81. The van der Waals surface area contributed by atoms with Crippen molar-refractivity contribution in [2.24, 2.45) is 7.05 Å². The first kappa shape index (κ1) is 20.4. The molecule has 2 aromatic heterocycles. The first-order valence-electron chi connectivity index (χ1n) is 10.9. The molecule has 0 spiro atoms. The molecule has 5 nitrogen and oxygen atoms in total. The van der Waals surface area contributed by atoms with E-state index in [4.69, 9.17) is 4.74 Å². The lowest BCUT2D eigenvalue weighted by Crippen LogP contribution is -2.38. The minimum atomic E-state index is -4.25. The van der Waals surface area contributed by atoms with Crippen LogP contribution in [0.5, 0.6) is 5.75 Å². The van der Waals surface area contributed by atoms with E-state index in [2.05, 4.69) is 10.00 Å². The molecule has 1 aromatic carbocycles. The van der Waals surface area contributed by atoms with Crippen LogP contribution in [0.15, 0.2) is 30.5 Å². The third kappa shape index (κ3) is 4.18. The second kappa shape index (κ2) is 7.89. The van der Waals surface area contributed by atoms with Crippen LogP contribution >= 0.6 is 0 Å². The summed E-state index contributed by atoms with van der Waals surface area (Å²) < 4.78 is 48.0. The SMILES string of the molecule is Cn1nc2c(c1CN1CCC(Oc3cccc4c3ccn4CC(F)(F)F)CC1)CCC2. The van der Waals surface area contributed by atoms with Crippen molar-refractivity contribution in [1.82, 2.24) is 19.2 Å². The van der Waals surface area contributed by atoms with E-state index in [1.165, 1.54) is 34.1 Å². The Kier molecular flexibility index (Phi) is 5.20. The molecule has 0 bridgehead atoms. The fourth-order valence-corrected chi connectivity index (χ4v) is 4.99. The summed E-state index contributed by atoms with van der Waals surface area (Å²) in [5, 5.41) is 5.41. The summed E-state index contributed by atoms with van der Waals surface area (Å²) >= 11 is 0. The van der Waals surface area contributed by atoms with Crippen LogP contribution in [-0.2, 0) is 33.0 Å². The highest BCUT2D eigenvalue weighted by atomic mass is 19.4. The number of fused-ring (bicyclic) bond motifs is 2. The van der Waals surface area contributed by atoms with Gasteiger partial charge in [-0.2, -0.15) is 18.3 Å². The van der Waals surface area contributed by atoms with Crippen LogP contribution in [0.1, 0.15) is 36.2 Å². The third-order valence-electron chi connectivity index (χ3n) is 6.52. The van der Waals surface area contributed by atoms with Crippen molar-refractivity contribution < 1.29 is 17.9 Å². The van der Waals surface area contributed by atoms with Gasteiger partial charge in [-0.15, -0.1) is 0 Å². The van der Waals surface area contributed by atoms with Crippen molar-refractivity contribution in [2.75, 3.05) is 13.1 Å². The Labute approximate surface area is 179 Å².